The first-order chi connectivity index (χ1) is 5.22. The van der Waals surface area contributed by atoms with Gasteiger partial charge in [0.25, 0.3) is 0 Å². The minimum atomic E-state index is 0.331. The summed E-state index contributed by atoms with van der Waals surface area (Å²) in [6.45, 7) is 4.13. The molecule has 0 saturated heterocycles. The van der Waals surface area contributed by atoms with E-state index < -0.39 is 0 Å². The smallest absolute Gasteiger partial charge is 0.0496 e. The van der Waals surface area contributed by atoms with Crippen LogP contribution in [-0.4, -0.2) is 12.3 Å². The second kappa shape index (κ2) is 3.37. The van der Waals surface area contributed by atoms with Gasteiger partial charge in [-0.05, 0) is 26.1 Å². The quantitative estimate of drug-likeness (QED) is 0.579. The average Bonchev–Trinajstić information content (AvgIpc) is 1.85. The Bertz CT molecular complexity index is 214. The molecule has 0 amide bonds. The van der Waals surface area contributed by atoms with Crippen molar-refractivity contribution in [3.8, 4) is 0 Å². The Labute approximate surface area is 67.5 Å². The van der Waals surface area contributed by atoms with E-state index in [1.54, 1.807) is 0 Å². The Kier molecular flexibility index (Phi) is 2.47. The van der Waals surface area contributed by atoms with E-state index in [0.717, 1.165) is 6.42 Å². The summed E-state index contributed by atoms with van der Waals surface area (Å²) in [6.07, 6.45) is 6.49. The Morgan fingerprint density at radius 3 is 2.91 bits per heavy atom. The molecule has 1 aliphatic rings. The number of nitrogens with one attached hydrogen (secondary N) is 2. The maximum absolute atomic E-state index is 6.96. The monoisotopic (exact) mass is 150 g/mol. The van der Waals surface area contributed by atoms with E-state index >= 15 is 0 Å². The summed E-state index contributed by atoms with van der Waals surface area (Å²) in [7, 11) is 0. The van der Waals surface area contributed by atoms with Gasteiger partial charge in [-0.3, -0.25) is 0 Å². The molecule has 2 heteroatoms. The van der Waals surface area contributed by atoms with Crippen LogP contribution < -0.4 is 5.32 Å². The average molecular weight is 150 g/mol. The molecule has 11 heavy (non-hydrogen) atoms. The second-order valence-electron chi connectivity index (χ2n) is 2.93. The summed E-state index contributed by atoms with van der Waals surface area (Å²) >= 11 is 0. The maximum atomic E-state index is 6.96. The van der Waals surface area contributed by atoms with Gasteiger partial charge in [-0.1, -0.05) is 11.6 Å². The third-order valence-electron chi connectivity index (χ3n) is 1.69. The zero-order chi connectivity index (χ0) is 8.27. The summed E-state index contributed by atoms with van der Waals surface area (Å²) in [4.78, 5) is 0. The molecule has 1 atom stereocenters. The topological polar surface area (TPSA) is 35.9 Å². The predicted octanol–water partition coefficient (Wildman–Crippen LogP) is 1.85. The molecule has 1 heterocycles. The van der Waals surface area contributed by atoms with Gasteiger partial charge in [0.15, 0.2) is 0 Å². The molecule has 1 unspecified atom stereocenters. The molecule has 1 rings (SSSR count). The Morgan fingerprint density at radius 2 is 2.36 bits per heavy atom. The van der Waals surface area contributed by atoms with Crippen molar-refractivity contribution in [3.63, 3.8) is 0 Å². The summed E-state index contributed by atoms with van der Waals surface area (Å²) in [6, 6.07) is 0.331. The van der Waals surface area contributed by atoms with E-state index in [4.69, 9.17) is 5.41 Å². The SMILES string of the molecule is CC1=CC(CC=N)NC(C)=C1. The van der Waals surface area contributed by atoms with E-state index in [1.807, 2.05) is 6.92 Å². The van der Waals surface area contributed by atoms with Crippen LogP contribution in [0.1, 0.15) is 20.3 Å². The van der Waals surface area contributed by atoms with Gasteiger partial charge in [-0.25, -0.2) is 0 Å². The molecule has 1 aliphatic heterocycles. The van der Waals surface area contributed by atoms with Crippen molar-refractivity contribution in [2.24, 2.45) is 0 Å². The van der Waals surface area contributed by atoms with Crippen molar-refractivity contribution >= 4 is 6.21 Å². The summed E-state index contributed by atoms with van der Waals surface area (Å²) < 4.78 is 0. The molecule has 0 aromatic heterocycles. The van der Waals surface area contributed by atoms with Gasteiger partial charge >= 0.3 is 0 Å². The highest BCUT2D eigenvalue weighted by Gasteiger charge is 2.07. The van der Waals surface area contributed by atoms with Crippen LogP contribution in [0, 0.1) is 5.41 Å². The lowest BCUT2D eigenvalue weighted by Crippen LogP contribution is -2.28. The van der Waals surface area contributed by atoms with Crippen molar-refractivity contribution < 1.29 is 0 Å². The van der Waals surface area contributed by atoms with E-state index in [9.17, 15) is 0 Å². The van der Waals surface area contributed by atoms with Crippen LogP contribution in [0.25, 0.3) is 0 Å². The van der Waals surface area contributed by atoms with Crippen LogP contribution in [0.15, 0.2) is 23.4 Å². The number of hydrogen-bond donors (Lipinski definition) is 2. The summed E-state index contributed by atoms with van der Waals surface area (Å²) in [5.74, 6) is 0. The summed E-state index contributed by atoms with van der Waals surface area (Å²) in [5.41, 5.74) is 2.48. The van der Waals surface area contributed by atoms with Crippen molar-refractivity contribution in [3.05, 3.63) is 23.4 Å². The van der Waals surface area contributed by atoms with Gasteiger partial charge in [0.05, 0.1) is 0 Å². The number of hydrogen-bond acceptors (Lipinski definition) is 2. The van der Waals surface area contributed by atoms with Crippen LogP contribution in [0.4, 0.5) is 0 Å². The van der Waals surface area contributed by atoms with E-state index in [-0.39, 0.29) is 0 Å². The standard InChI is InChI=1S/C9H14N2/c1-7-5-8(2)11-9(6-7)3-4-10/h4-6,9-11H,3H2,1-2H3. The molecule has 0 aromatic carbocycles. The number of rotatable bonds is 2. The molecule has 0 saturated carbocycles. The lowest BCUT2D eigenvalue weighted by atomic mass is 10.1. The van der Waals surface area contributed by atoms with Crippen LogP contribution in [0.2, 0.25) is 0 Å². The Morgan fingerprint density at radius 1 is 1.64 bits per heavy atom. The first-order valence-corrected chi connectivity index (χ1v) is 3.84. The second-order valence-corrected chi connectivity index (χ2v) is 2.93. The maximum Gasteiger partial charge on any atom is 0.0496 e. The Balaban J connectivity index is 2.62. The Hall–Kier alpha value is -1.05. The van der Waals surface area contributed by atoms with Crippen LogP contribution >= 0.6 is 0 Å². The van der Waals surface area contributed by atoms with Crippen LogP contribution in [0.5, 0.6) is 0 Å². The van der Waals surface area contributed by atoms with E-state index in [1.165, 1.54) is 17.5 Å². The van der Waals surface area contributed by atoms with E-state index in [2.05, 4.69) is 24.4 Å². The fraction of sp³-hybridized carbons (Fsp3) is 0.444. The minimum Gasteiger partial charge on any atom is -0.382 e. The van der Waals surface area contributed by atoms with Crippen molar-refractivity contribution in [2.45, 2.75) is 26.3 Å². The van der Waals surface area contributed by atoms with E-state index in [0.29, 0.717) is 6.04 Å². The molecule has 0 radical (unpaired) electrons. The minimum absolute atomic E-state index is 0.331. The fourth-order valence-corrected chi connectivity index (χ4v) is 1.34. The number of dihydropyridines is 1. The van der Waals surface area contributed by atoms with Gasteiger partial charge in [-0.2, -0.15) is 0 Å². The third kappa shape index (κ3) is 2.22. The molecule has 2 N–H and O–H groups in total. The van der Waals surface area contributed by atoms with Gasteiger partial charge in [-0.15, -0.1) is 0 Å². The summed E-state index contributed by atoms with van der Waals surface area (Å²) in [5, 5.41) is 10.2. The fourth-order valence-electron chi connectivity index (χ4n) is 1.34. The molecule has 0 spiro atoms. The van der Waals surface area contributed by atoms with Gasteiger partial charge in [0, 0.05) is 18.2 Å². The highest BCUT2D eigenvalue weighted by molar-refractivity contribution is 5.55. The molecule has 60 valence electrons. The largest absolute Gasteiger partial charge is 0.382 e. The molecular formula is C9H14N2. The van der Waals surface area contributed by atoms with Crippen LogP contribution in [-0.2, 0) is 0 Å². The molecule has 2 nitrogen and oxygen atoms in total. The number of allylic oxidation sites excluding steroid dienone is 3. The van der Waals surface area contributed by atoms with Crippen molar-refractivity contribution in [2.75, 3.05) is 0 Å². The first kappa shape index (κ1) is 8.05. The lowest BCUT2D eigenvalue weighted by Gasteiger charge is -2.19. The van der Waals surface area contributed by atoms with Crippen LogP contribution in [0.3, 0.4) is 0 Å². The van der Waals surface area contributed by atoms with Gasteiger partial charge in [0.1, 0.15) is 0 Å². The van der Waals surface area contributed by atoms with Gasteiger partial charge in [0.2, 0.25) is 0 Å². The zero-order valence-electron chi connectivity index (χ0n) is 7.02. The highest BCUT2D eigenvalue weighted by atomic mass is 14.9. The lowest BCUT2D eigenvalue weighted by molar-refractivity contribution is 0.681. The molecule has 0 aliphatic carbocycles. The zero-order valence-corrected chi connectivity index (χ0v) is 7.02. The molecule has 0 fully saturated rings. The van der Waals surface area contributed by atoms with Crippen molar-refractivity contribution in [1.29, 1.82) is 5.41 Å². The molecule has 0 aromatic rings. The first-order valence-electron chi connectivity index (χ1n) is 3.84. The highest BCUT2D eigenvalue weighted by Crippen LogP contribution is 2.10. The van der Waals surface area contributed by atoms with Gasteiger partial charge < -0.3 is 10.7 Å². The predicted molar refractivity (Wildman–Crippen MR) is 47.8 cm³/mol. The molecular weight excluding hydrogens is 136 g/mol. The normalized spacial score (nSPS) is 23.3. The molecule has 0 bridgehead atoms. The van der Waals surface area contributed by atoms with Crippen molar-refractivity contribution in [1.82, 2.24) is 5.32 Å². The third-order valence-corrected chi connectivity index (χ3v) is 1.69.